The first kappa shape index (κ1) is 15.1. The second kappa shape index (κ2) is 6.43. The van der Waals surface area contributed by atoms with Gasteiger partial charge in [-0.15, -0.1) is 0 Å². The van der Waals surface area contributed by atoms with Gasteiger partial charge in [-0.1, -0.05) is 13.8 Å². The van der Waals surface area contributed by atoms with Gasteiger partial charge in [0.1, 0.15) is 6.04 Å². The number of nitrogens with zero attached hydrogens (tertiary/aromatic N) is 1. The third-order valence-corrected chi connectivity index (χ3v) is 4.28. The van der Waals surface area contributed by atoms with Gasteiger partial charge in [-0.05, 0) is 44.2 Å². The minimum Gasteiger partial charge on any atom is -0.480 e. The van der Waals surface area contributed by atoms with Crippen molar-refractivity contribution in [1.29, 1.82) is 0 Å². The third kappa shape index (κ3) is 3.85. The Morgan fingerprint density at radius 3 is 2.40 bits per heavy atom. The molecule has 0 radical (unpaired) electrons. The van der Waals surface area contributed by atoms with Crippen molar-refractivity contribution in [2.45, 2.75) is 45.2 Å². The molecule has 0 aromatic carbocycles. The van der Waals surface area contributed by atoms with Crippen molar-refractivity contribution < 1.29 is 14.7 Å². The Morgan fingerprint density at radius 1 is 1.30 bits per heavy atom. The summed E-state index contributed by atoms with van der Waals surface area (Å²) >= 11 is 0. The number of carbonyl (C=O) groups is 2. The van der Waals surface area contributed by atoms with E-state index in [4.69, 9.17) is 5.11 Å². The van der Waals surface area contributed by atoms with Gasteiger partial charge in [0.25, 0.3) is 0 Å². The molecule has 3 aliphatic heterocycles. The van der Waals surface area contributed by atoms with Gasteiger partial charge < -0.3 is 20.6 Å². The summed E-state index contributed by atoms with van der Waals surface area (Å²) in [6, 6.07) is -1.00. The molecule has 3 N–H and O–H groups in total. The molecular formula is C14H25N3O3. The molecule has 114 valence electrons. The lowest BCUT2D eigenvalue weighted by Crippen LogP contribution is -2.59. The maximum Gasteiger partial charge on any atom is 0.326 e. The molecule has 3 heterocycles. The lowest BCUT2D eigenvalue weighted by Gasteiger charge is -2.44. The summed E-state index contributed by atoms with van der Waals surface area (Å²) in [7, 11) is 0. The van der Waals surface area contributed by atoms with Gasteiger partial charge in [-0.25, -0.2) is 9.59 Å². The first-order chi connectivity index (χ1) is 9.45. The average Bonchev–Trinajstić information content (AvgIpc) is 2.38. The number of rotatable bonds is 5. The lowest BCUT2D eigenvalue weighted by molar-refractivity contribution is -0.139. The summed E-state index contributed by atoms with van der Waals surface area (Å²) in [5.74, 6) is -0.199. The molecule has 0 aromatic heterocycles. The van der Waals surface area contributed by atoms with E-state index in [2.05, 4.69) is 15.5 Å². The molecule has 2 amide bonds. The summed E-state index contributed by atoms with van der Waals surface area (Å²) < 4.78 is 0. The second-order valence-corrected chi connectivity index (χ2v) is 6.38. The van der Waals surface area contributed by atoms with E-state index in [0.29, 0.717) is 12.3 Å². The van der Waals surface area contributed by atoms with E-state index in [1.54, 1.807) is 0 Å². The van der Waals surface area contributed by atoms with Crippen LogP contribution in [-0.4, -0.2) is 53.7 Å². The zero-order chi connectivity index (χ0) is 14.7. The van der Waals surface area contributed by atoms with Gasteiger partial charge in [-0.2, -0.15) is 0 Å². The number of fused-ring (bicyclic) bond motifs is 3. The number of piperidine rings is 3. The van der Waals surface area contributed by atoms with E-state index < -0.39 is 12.0 Å². The zero-order valence-corrected chi connectivity index (χ0v) is 12.3. The van der Waals surface area contributed by atoms with Crippen LogP contribution < -0.4 is 10.6 Å². The molecular weight excluding hydrogens is 258 g/mol. The van der Waals surface area contributed by atoms with Crippen molar-refractivity contribution >= 4 is 12.0 Å². The number of carboxylic acids is 1. The lowest BCUT2D eigenvalue weighted by atomic mass is 9.84. The van der Waals surface area contributed by atoms with Gasteiger partial charge >= 0.3 is 12.0 Å². The number of carbonyl (C=O) groups excluding carboxylic acids is 1. The Hall–Kier alpha value is -1.30. The molecule has 0 aliphatic carbocycles. The Morgan fingerprint density at radius 2 is 1.95 bits per heavy atom. The van der Waals surface area contributed by atoms with Crippen molar-refractivity contribution in [3.63, 3.8) is 0 Å². The summed E-state index contributed by atoms with van der Waals surface area (Å²) in [4.78, 5) is 25.5. The minimum absolute atomic E-state index is 0.158. The van der Waals surface area contributed by atoms with Gasteiger partial charge in [0, 0.05) is 12.6 Å². The van der Waals surface area contributed by atoms with Crippen molar-refractivity contribution in [2.24, 2.45) is 11.8 Å². The van der Waals surface area contributed by atoms with Crippen molar-refractivity contribution in [3.05, 3.63) is 0 Å². The molecule has 2 atom stereocenters. The predicted octanol–water partition coefficient (Wildman–Crippen LogP) is 0.879. The van der Waals surface area contributed by atoms with E-state index in [-0.39, 0.29) is 18.0 Å². The van der Waals surface area contributed by atoms with E-state index in [9.17, 15) is 9.59 Å². The molecule has 2 unspecified atom stereocenters. The van der Waals surface area contributed by atoms with E-state index in [0.717, 1.165) is 32.5 Å². The van der Waals surface area contributed by atoms with Crippen LogP contribution in [0.2, 0.25) is 0 Å². The molecule has 6 heteroatoms. The average molecular weight is 283 g/mol. The van der Waals surface area contributed by atoms with Gasteiger partial charge in [0.2, 0.25) is 0 Å². The molecule has 3 aliphatic rings. The highest BCUT2D eigenvalue weighted by molar-refractivity contribution is 5.82. The number of aliphatic carboxylic acids is 1. The fourth-order valence-corrected chi connectivity index (χ4v) is 3.19. The number of urea groups is 1. The van der Waals surface area contributed by atoms with Crippen LogP contribution in [0.15, 0.2) is 0 Å². The monoisotopic (exact) mass is 283 g/mol. The second-order valence-electron chi connectivity index (χ2n) is 6.38. The Labute approximate surface area is 119 Å². The molecule has 0 saturated carbocycles. The van der Waals surface area contributed by atoms with Gasteiger partial charge in [0.15, 0.2) is 0 Å². The molecule has 3 rings (SSSR count). The molecule has 3 fully saturated rings. The maximum absolute atomic E-state index is 12.0. The number of amides is 2. The van der Waals surface area contributed by atoms with Crippen LogP contribution in [0.3, 0.4) is 0 Å². The van der Waals surface area contributed by atoms with Crippen LogP contribution in [0.25, 0.3) is 0 Å². The first-order valence-electron chi connectivity index (χ1n) is 7.48. The Bertz CT molecular complexity index is 365. The van der Waals surface area contributed by atoms with Crippen LogP contribution in [-0.2, 0) is 4.79 Å². The standard InChI is InChI=1S/C14H25N3O3/c1-9(2)7-11(13(18)19)15-14(20)16-12-8-17-5-3-10(12)4-6-17/h9-12H,3-8H2,1-2H3,(H,18,19)(H2,15,16,20). The normalized spacial score (nSPS) is 30.1. The fourth-order valence-electron chi connectivity index (χ4n) is 3.19. The van der Waals surface area contributed by atoms with E-state index in [1.165, 1.54) is 0 Å². The summed E-state index contributed by atoms with van der Waals surface area (Å²) in [6.45, 7) is 7.02. The molecule has 20 heavy (non-hydrogen) atoms. The Balaban J connectivity index is 1.83. The summed E-state index contributed by atoms with van der Waals surface area (Å²) in [6.07, 6.45) is 2.70. The van der Waals surface area contributed by atoms with Crippen molar-refractivity contribution in [2.75, 3.05) is 19.6 Å². The minimum atomic E-state index is -0.970. The predicted molar refractivity (Wildman–Crippen MR) is 75.5 cm³/mol. The zero-order valence-electron chi connectivity index (χ0n) is 12.3. The van der Waals surface area contributed by atoms with E-state index >= 15 is 0 Å². The van der Waals surface area contributed by atoms with Gasteiger partial charge in [0.05, 0.1) is 0 Å². The largest absolute Gasteiger partial charge is 0.480 e. The molecule has 0 spiro atoms. The third-order valence-electron chi connectivity index (χ3n) is 4.28. The van der Waals surface area contributed by atoms with Crippen LogP contribution in [0.1, 0.15) is 33.1 Å². The topological polar surface area (TPSA) is 81.7 Å². The maximum atomic E-state index is 12.0. The van der Waals surface area contributed by atoms with Crippen LogP contribution in [0.4, 0.5) is 4.79 Å². The smallest absolute Gasteiger partial charge is 0.326 e. The summed E-state index contributed by atoms with van der Waals surface area (Å²) in [5, 5.41) is 14.7. The SMILES string of the molecule is CC(C)CC(NC(=O)NC1CN2CCC1CC2)C(=O)O. The Kier molecular flexibility index (Phi) is 4.86. The number of carboxylic acid groups (broad SMARTS) is 1. The van der Waals surface area contributed by atoms with Crippen molar-refractivity contribution in [3.8, 4) is 0 Å². The van der Waals surface area contributed by atoms with Crippen LogP contribution in [0, 0.1) is 11.8 Å². The highest BCUT2D eigenvalue weighted by Gasteiger charge is 2.35. The highest BCUT2D eigenvalue weighted by atomic mass is 16.4. The first-order valence-corrected chi connectivity index (χ1v) is 7.48. The number of hydrogen-bond acceptors (Lipinski definition) is 3. The van der Waals surface area contributed by atoms with Crippen molar-refractivity contribution in [1.82, 2.24) is 15.5 Å². The van der Waals surface area contributed by atoms with Crippen LogP contribution >= 0.6 is 0 Å². The van der Waals surface area contributed by atoms with Gasteiger partial charge in [-0.3, -0.25) is 0 Å². The number of hydrogen-bond donors (Lipinski definition) is 3. The molecule has 3 saturated heterocycles. The fraction of sp³-hybridized carbons (Fsp3) is 0.857. The highest BCUT2D eigenvalue weighted by Crippen LogP contribution is 2.27. The van der Waals surface area contributed by atoms with Crippen LogP contribution in [0.5, 0.6) is 0 Å². The quantitative estimate of drug-likeness (QED) is 0.699. The molecule has 0 aromatic rings. The summed E-state index contributed by atoms with van der Waals surface area (Å²) in [5.41, 5.74) is 0. The number of nitrogens with one attached hydrogen (secondary N) is 2. The molecule has 6 nitrogen and oxygen atoms in total. The van der Waals surface area contributed by atoms with E-state index in [1.807, 2.05) is 13.8 Å². The molecule has 2 bridgehead atoms.